The summed E-state index contributed by atoms with van der Waals surface area (Å²) < 4.78 is 11.3. The Morgan fingerprint density at radius 3 is 2.52 bits per heavy atom. The van der Waals surface area contributed by atoms with Crippen LogP contribution in [0.1, 0.15) is 60.7 Å². The summed E-state index contributed by atoms with van der Waals surface area (Å²) in [7, 11) is 0. The Labute approximate surface area is 191 Å². The van der Waals surface area contributed by atoms with Gasteiger partial charge in [-0.1, -0.05) is 0 Å². The zero-order valence-electron chi connectivity index (χ0n) is 18.9. The zero-order chi connectivity index (χ0) is 23.9. The molecule has 1 aromatic carbocycles. The van der Waals surface area contributed by atoms with Gasteiger partial charge >= 0.3 is 6.09 Å². The van der Waals surface area contributed by atoms with E-state index in [4.69, 9.17) is 9.47 Å². The smallest absolute Gasteiger partial charge is 0.410 e. The van der Waals surface area contributed by atoms with Gasteiger partial charge in [-0.2, -0.15) is 0 Å². The number of likely N-dealkylation sites (tertiary alicyclic amines) is 1. The zero-order valence-corrected chi connectivity index (χ0v) is 18.9. The highest BCUT2D eigenvalue weighted by molar-refractivity contribution is 6.23. The van der Waals surface area contributed by atoms with Crippen LogP contribution in [0.3, 0.4) is 0 Å². The van der Waals surface area contributed by atoms with Crippen molar-refractivity contribution in [2.24, 2.45) is 5.92 Å². The largest absolute Gasteiger partial charge is 0.493 e. The Hall–Kier alpha value is -3.43. The Balaban J connectivity index is 1.37. The fraction of sp³-hybridized carbons (Fsp3) is 0.522. The van der Waals surface area contributed by atoms with Crippen molar-refractivity contribution in [3.05, 3.63) is 29.3 Å². The Bertz CT molecular complexity index is 1030. The van der Waals surface area contributed by atoms with E-state index in [0.717, 1.165) is 11.3 Å². The van der Waals surface area contributed by atoms with Crippen molar-refractivity contribution in [2.75, 3.05) is 19.7 Å². The maximum absolute atomic E-state index is 12.9. The van der Waals surface area contributed by atoms with Gasteiger partial charge in [-0.25, -0.2) is 4.79 Å². The van der Waals surface area contributed by atoms with Crippen LogP contribution in [0.2, 0.25) is 0 Å². The van der Waals surface area contributed by atoms with Crippen molar-refractivity contribution < 1.29 is 33.4 Å². The number of nitrogens with zero attached hydrogens (tertiary/aromatic N) is 2. The van der Waals surface area contributed by atoms with Crippen LogP contribution in [-0.4, -0.2) is 70.9 Å². The molecule has 33 heavy (non-hydrogen) atoms. The van der Waals surface area contributed by atoms with E-state index in [1.54, 1.807) is 11.0 Å². The van der Waals surface area contributed by atoms with Crippen molar-refractivity contribution >= 4 is 29.7 Å². The molecule has 5 amide bonds. The summed E-state index contributed by atoms with van der Waals surface area (Å²) in [5.41, 5.74) is -0.181. The number of rotatable bonds is 4. The van der Waals surface area contributed by atoms with Crippen molar-refractivity contribution in [1.82, 2.24) is 15.1 Å². The average Bonchev–Trinajstić information content (AvgIpc) is 3.30. The standard InChI is InChI=1S/C23H27N3O7/c1-23(2,3)33-22(31)25-9-8-13(11-25)12-32-14-4-5-15-16(10-14)21(30)26(20(15)29)17-6-7-18(27)24-19(17)28/h4-5,10,13,17H,6-9,11-12H2,1-3H3,(H,24,27,28)/t13-,17?/m1/s1. The van der Waals surface area contributed by atoms with E-state index in [1.165, 1.54) is 12.1 Å². The SMILES string of the molecule is CC(C)(C)OC(=O)N1CC[C@@H](COc2ccc3c(c2)C(=O)N(C2CCC(=O)NC2=O)C3=O)C1. The summed E-state index contributed by atoms with van der Waals surface area (Å²) in [6, 6.07) is 3.62. The molecule has 4 rings (SSSR count). The maximum atomic E-state index is 12.9. The number of carbonyl (C=O) groups excluding carboxylic acids is 5. The molecule has 176 valence electrons. The van der Waals surface area contributed by atoms with Crippen LogP contribution in [0, 0.1) is 5.92 Å². The normalized spacial score (nSPS) is 23.0. The quantitative estimate of drug-likeness (QED) is 0.683. The van der Waals surface area contributed by atoms with Gasteiger partial charge in [-0.05, 0) is 51.8 Å². The second kappa shape index (κ2) is 8.49. The molecule has 0 spiro atoms. The van der Waals surface area contributed by atoms with Crippen LogP contribution >= 0.6 is 0 Å². The molecule has 2 atom stereocenters. The van der Waals surface area contributed by atoms with Crippen LogP contribution in [0.5, 0.6) is 5.75 Å². The second-order valence-electron chi connectivity index (χ2n) is 9.55. The number of nitrogens with one attached hydrogen (secondary N) is 1. The summed E-state index contributed by atoms with van der Waals surface area (Å²) in [4.78, 5) is 64.0. The fourth-order valence-electron chi connectivity index (χ4n) is 4.21. The van der Waals surface area contributed by atoms with E-state index < -0.39 is 35.3 Å². The van der Waals surface area contributed by atoms with Crippen LogP contribution in [-0.2, 0) is 14.3 Å². The van der Waals surface area contributed by atoms with E-state index in [0.29, 0.717) is 25.4 Å². The predicted molar refractivity (Wildman–Crippen MR) is 115 cm³/mol. The molecule has 10 heteroatoms. The van der Waals surface area contributed by atoms with Gasteiger partial charge in [0.1, 0.15) is 17.4 Å². The lowest BCUT2D eigenvalue weighted by molar-refractivity contribution is -0.136. The van der Waals surface area contributed by atoms with Gasteiger partial charge in [0, 0.05) is 25.4 Å². The Morgan fingerprint density at radius 2 is 1.82 bits per heavy atom. The molecule has 10 nitrogen and oxygen atoms in total. The van der Waals surface area contributed by atoms with Crippen LogP contribution in [0.25, 0.3) is 0 Å². The highest BCUT2D eigenvalue weighted by atomic mass is 16.6. The van der Waals surface area contributed by atoms with E-state index in [9.17, 15) is 24.0 Å². The number of imide groups is 2. The summed E-state index contributed by atoms with van der Waals surface area (Å²) in [6.07, 6.45) is 0.597. The monoisotopic (exact) mass is 457 g/mol. The summed E-state index contributed by atoms with van der Waals surface area (Å²) in [5, 5.41) is 2.18. The van der Waals surface area contributed by atoms with Gasteiger partial charge in [0.15, 0.2) is 0 Å². The molecule has 2 fully saturated rings. The van der Waals surface area contributed by atoms with Gasteiger partial charge in [0.25, 0.3) is 11.8 Å². The summed E-state index contributed by atoms with van der Waals surface area (Å²) >= 11 is 0. The van der Waals surface area contributed by atoms with Crippen molar-refractivity contribution in [3.8, 4) is 5.75 Å². The Kier molecular flexibility index (Phi) is 5.85. The maximum Gasteiger partial charge on any atom is 0.410 e. The number of piperidine rings is 1. The van der Waals surface area contributed by atoms with E-state index in [-0.39, 0.29) is 36.0 Å². The van der Waals surface area contributed by atoms with Crippen molar-refractivity contribution in [2.45, 2.75) is 51.7 Å². The van der Waals surface area contributed by atoms with E-state index in [1.807, 2.05) is 20.8 Å². The van der Waals surface area contributed by atoms with Gasteiger partial charge in [-0.15, -0.1) is 0 Å². The Morgan fingerprint density at radius 1 is 1.09 bits per heavy atom. The minimum absolute atomic E-state index is 0.0693. The highest BCUT2D eigenvalue weighted by Crippen LogP contribution is 2.30. The second-order valence-corrected chi connectivity index (χ2v) is 9.55. The summed E-state index contributed by atoms with van der Waals surface area (Å²) in [6.45, 7) is 6.91. The first-order valence-electron chi connectivity index (χ1n) is 11.0. The van der Waals surface area contributed by atoms with Crippen molar-refractivity contribution in [1.29, 1.82) is 0 Å². The average molecular weight is 457 g/mol. The first kappa shape index (κ1) is 22.8. The number of benzene rings is 1. The van der Waals surface area contributed by atoms with Crippen LogP contribution in [0.4, 0.5) is 4.79 Å². The molecule has 0 aliphatic carbocycles. The third-order valence-corrected chi connectivity index (χ3v) is 5.83. The topological polar surface area (TPSA) is 122 Å². The number of ether oxygens (including phenoxy) is 2. The van der Waals surface area contributed by atoms with Crippen LogP contribution in [0.15, 0.2) is 18.2 Å². The lowest BCUT2D eigenvalue weighted by atomic mass is 10.0. The van der Waals surface area contributed by atoms with E-state index in [2.05, 4.69) is 5.32 Å². The lowest BCUT2D eigenvalue weighted by Crippen LogP contribution is -2.54. The molecule has 0 bridgehead atoms. The first-order valence-corrected chi connectivity index (χ1v) is 11.0. The lowest BCUT2D eigenvalue weighted by Gasteiger charge is -2.27. The number of fused-ring (bicyclic) bond motifs is 1. The molecule has 0 aromatic heterocycles. The number of carbonyl (C=O) groups is 5. The third kappa shape index (κ3) is 4.69. The molecule has 1 aromatic rings. The fourth-order valence-corrected chi connectivity index (χ4v) is 4.21. The van der Waals surface area contributed by atoms with Gasteiger partial charge in [-0.3, -0.25) is 29.4 Å². The highest BCUT2D eigenvalue weighted by Gasteiger charge is 2.44. The van der Waals surface area contributed by atoms with Crippen LogP contribution < -0.4 is 10.1 Å². The molecule has 3 aliphatic rings. The minimum Gasteiger partial charge on any atom is -0.493 e. The molecule has 3 aliphatic heterocycles. The minimum atomic E-state index is -1.00. The molecule has 1 N–H and O–H groups in total. The molecular formula is C23H27N3O7. The molecular weight excluding hydrogens is 430 g/mol. The molecule has 2 saturated heterocycles. The van der Waals surface area contributed by atoms with E-state index >= 15 is 0 Å². The number of amides is 5. The number of hydrogen-bond donors (Lipinski definition) is 1. The van der Waals surface area contributed by atoms with Gasteiger partial charge < -0.3 is 14.4 Å². The molecule has 1 unspecified atom stereocenters. The van der Waals surface area contributed by atoms with Gasteiger partial charge in [0.2, 0.25) is 11.8 Å². The molecule has 0 radical (unpaired) electrons. The first-order chi connectivity index (χ1) is 15.5. The number of hydrogen-bond acceptors (Lipinski definition) is 7. The molecule has 0 saturated carbocycles. The summed E-state index contributed by atoms with van der Waals surface area (Å²) in [5.74, 6) is -1.65. The van der Waals surface area contributed by atoms with Crippen molar-refractivity contribution in [3.63, 3.8) is 0 Å². The third-order valence-electron chi connectivity index (χ3n) is 5.83. The molecule has 3 heterocycles. The predicted octanol–water partition coefficient (Wildman–Crippen LogP) is 1.72. The van der Waals surface area contributed by atoms with Gasteiger partial charge in [0.05, 0.1) is 17.7 Å².